The lowest BCUT2D eigenvalue weighted by atomic mass is 10.1. The molecule has 0 radical (unpaired) electrons. The van der Waals surface area contributed by atoms with E-state index in [0.717, 1.165) is 6.29 Å². The minimum atomic E-state index is -0.441. The summed E-state index contributed by atoms with van der Waals surface area (Å²) in [7, 11) is 0. The van der Waals surface area contributed by atoms with Gasteiger partial charge in [-0.15, -0.1) is 0 Å². The van der Waals surface area contributed by atoms with Crippen LogP contribution in [0.2, 0.25) is 0 Å². The van der Waals surface area contributed by atoms with E-state index in [4.69, 9.17) is 4.74 Å². The van der Waals surface area contributed by atoms with E-state index in [9.17, 15) is 9.59 Å². The second-order valence-corrected chi connectivity index (χ2v) is 3.81. The van der Waals surface area contributed by atoms with E-state index in [2.05, 4.69) is 15.9 Å². The van der Waals surface area contributed by atoms with Gasteiger partial charge in [-0.25, -0.2) is 4.79 Å². The Kier molecular flexibility index (Phi) is 4.92. The third-order valence-electron chi connectivity index (χ3n) is 1.88. The molecule has 16 heavy (non-hydrogen) atoms. The lowest BCUT2D eigenvalue weighted by Gasteiger charge is -2.01. The molecule has 1 rings (SSSR count). The molecule has 0 saturated carbocycles. The number of esters is 1. The molecule has 0 aliphatic rings. The van der Waals surface area contributed by atoms with Gasteiger partial charge in [0.15, 0.2) is 6.29 Å². The first kappa shape index (κ1) is 12.6. The summed E-state index contributed by atoms with van der Waals surface area (Å²) in [6.07, 6.45) is 2.32. The van der Waals surface area contributed by atoms with Crippen molar-refractivity contribution in [3.63, 3.8) is 0 Å². The molecule has 0 N–H and O–H groups in total. The zero-order chi connectivity index (χ0) is 12.0. The third-order valence-corrected chi connectivity index (χ3v) is 2.43. The SMILES string of the molecule is CCOC(=O)C(Br)=Cc1ccccc1C=O. The fourth-order valence-electron chi connectivity index (χ4n) is 1.15. The van der Waals surface area contributed by atoms with Crippen LogP contribution in [0.1, 0.15) is 22.8 Å². The first-order valence-electron chi connectivity index (χ1n) is 4.77. The Labute approximate surface area is 102 Å². The number of hydrogen-bond donors (Lipinski definition) is 0. The third kappa shape index (κ3) is 3.31. The minimum Gasteiger partial charge on any atom is -0.462 e. The average Bonchev–Trinajstić information content (AvgIpc) is 2.30. The Morgan fingerprint density at radius 3 is 2.56 bits per heavy atom. The van der Waals surface area contributed by atoms with Crippen LogP contribution >= 0.6 is 15.9 Å². The topological polar surface area (TPSA) is 43.4 Å². The van der Waals surface area contributed by atoms with Gasteiger partial charge in [0.25, 0.3) is 0 Å². The quantitative estimate of drug-likeness (QED) is 0.485. The highest BCUT2D eigenvalue weighted by Gasteiger charge is 2.07. The summed E-state index contributed by atoms with van der Waals surface area (Å²) < 4.78 is 5.10. The Morgan fingerprint density at radius 1 is 1.38 bits per heavy atom. The van der Waals surface area contributed by atoms with E-state index in [1.165, 1.54) is 0 Å². The van der Waals surface area contributed by atoms with Crippen LogP contribution in [-0.2, 0) is 9.53 Å². The van der Waals surface area contributed by atoms with Crippen molar-refractivity contribution >= 4 is 34.3 Å². The Bertz CT molecular complexity index is 424. The normalized spacial score (nSPS) is 11.0. The summed E-state index contributed by atoms with van der Waals surface area (Å²) in [5, 5.41) is 0. The number of hydrogen-bond acceptors (Lipinski definition) is 3. The van der Waals surface area contributed by atoms with Crippen LogP contribution in [0.4, 0.5) is 0 Å². The summed E-state index contributed by atoms with van der Waals surface area (Å²) in [5.74, 6) is -0.441. The number of carbonyl (C=O) groups is 2. The van der Waals surface area contributed by atoms with Gasteiger partial charge in [0.05, 0.1) is 6.61 Å². The highest BCUT2D eigenvalue weighted by atomic mass is 79.9. The summed E-state index contributed by atoms with van der Waals surface area (Å²) >= 11 is 3.11. The molecule has 1 aromatic rings. The Balaban J connectivity index is 2.97. The lowest BCUT2D eigenvalue weighted by molar-refractivity contribution is -0.137. The maximum Gasteiger partial charge on any atom is 0.345 e. The van der Waals surface area contributed by atoms with Gasteiger partial charge in [-0.3, -0.25) is 4.79 Å². The van der Waals surface area contributed by atoms with Crippen molar-refractivity contribution in [2.75, 3.05) is 6.61 Å². The van der Waals surface area contributed by atoms with Crippen LogP contribution in [0.3, 0.4) is 0 Å². The molecule has 0 saturated heterocycles. The van der Waals surface area contributed by atoms with Gasteiger partial charge < -0.3 is 4.74 Å². The van der Waals surface area contributed by atoms with Crippen molar-refractivity contribution in [2.45, 2.75) is 6.92 Å². The molecular weight excluding hydrogens is 272 g/mol. The number of benzene rings is 1. The Hall–Kier alpha value is -1.42. The van der Waals surface area contributed by atoms with E-state index in [1.54, 1.807) is 37.3 Å². The zero-order valence-electron chi connectivity index (χ0n) is 8.77. The fraction of sp³-hybridized carbons (Fsp3) is 0.167. The lowest BCUT2D eigenvalue weighted by Crippen LogP contribution is -2.03. The molecule has 0 aromatic heterocycles. The molecule has 0 heterocycles. The smallest absolute Gasteiger partial charge is 0.345 e. The molecule has 0 aliphatic heterocycles. The standard InChI is InChI=1S/C12H11BrO3/c1-2-16-12(15)11(13)7-9-5-3-4-6-10(9)8-14/h3-8H,2H2,1H3. The van der Waals surface area contributed by atoms with Gasteiger partial charge in [-0.05, 0) is 34.5 Å². The van der Waals surface area contributed by atoms with E-state index < -0.39 is 5.97 Å². The van der Waals surface area contributed by atoms with Gasteiger partial charge >= 0.3 is 5.97 Å². The van der Waals surface area contributed by atoms with Crippen LogP contribution < -0.4 is 0 Å². The monoisotopic (exact) mass is 282 g/mol. The van der Waals surface area contributed by atoms with Crippen molar-refractivity contribution in [1.29, 1.82) is 0 Å². The molecule has 0 unspecified atom stereocenters. The summed E-state index contributed by atoms with van der Waals surface area (Å²) in [4.78, 5) is 22.1. The van der Waals surface area contributed by atoms with Gasteiger partial charge in [0.2, 0.25) is 0 Å². The van der Waals surface area contributed by atoms with Gasteiger partial charge in [0.1, 0.15) is 4.48 Å². The predicted octanol–water partition coefficient (Wildman–Crippen LogP) is 2.80. The van der Waals surface area contributed by atoms with Crippen LogP contribution in [-0.4, -0.2) is 18.9 Å². The maximum atomic E-state index is 11.3. The molecule has 4 heteroatoms. The Morgan fingerprint density at radius 2 is 2.00 bits per heavy atom. The number of aldehydes is 1. The predicted molar refractivity (Wildman–Crippen MR) is 65.4 cm³/mol. The summed E-state index contributed by atoms with van der Waals surface area (Å²) in [5.41, 5.74) is 1.21. The summed E-state index contributed by atoms with van der Waals surface area (Å²) in [6, 6.07) is 7.00. The van der Waals surface area contributed by atoms with Gasteiger partial charge in [-0.1, -0.05) is 24.3 Å². The number of carbonyl (C=O) groups excluding carboxylic acids is 2. The molecule has 0 atom stereocenters. The number of rotatable bonds is 4. The van der Waals surface area contributed by atoms with Crippen LogP contribution in [0.5, 0.6) is 0 Å². The second-order valence-electron chi connectivity index (χ2n) is 2.96. The van der Waals surface area contributed by atoms with Crippen molar-refractivity contribution in [1.82, 2.24) is 0 Å². The maximum absolute atomic E-state index is 11.3. The molecule has 0 aliphatic carbocycles. The highest BCUT2D eigenvalue weighted by Crippen LogP contribution is 2.16. The van der Waals surface area contributed by atoms with Gasteiger partial charge in [0, 0.05) is 5.56 Å². The largest absolute Gasteiger partial charge is 0.462 e. The van der Waals surface area contributed by atoms with Crippen LogP contribution in [0.25, 0.3) is 6.08 Å². The number of halogens is 1. The average molecular weight is 283 g/mol. The zero-order valence-corrected chi connectivity index (χ0v) is 10.4. The van der Waals surface area contributed by atoms with Crippen molar-refractivity contribution in [2.24, 2.45) is 0 Å². The number of ether oxygens (including phenoxy) is 1. The van der Waals surface area contributed by atoms with Crippen molar-refractivity contribution in [3.8, 4) is 0 Å². The fourth-order valence-corrected chi connectivity index (χ4v) is 1.51. The molecule has 1 aromatic carbocycles. The van der Waals surface area contributed by atoms with E-state index in [-0.39, 0.29) is 0 Å². The molecule has 3 nitrogen and oxygen atoms in total. The van der Waals surface area contributed by atoms with Crippen LogP contribution in [0.15, 0.2) is 28.7 Å². The molecule has 0 bridgehead atoms. The van der Waals surface area contributed by atoms with E-state index in [0.29, 0.717) is 22.2 Å². The first-order chi connectivity index (χ1) is 7.69. The van der Waals surface area contributed by atoms with E-state index in [1.807, 2.05) is 0 Å². The van der Waals surface area contributed by atoms with Crippen molar-refractivity contribution in [3.05, 3.63) is 39.9 Å². The van der Waals surface area contributed by atoms with Gasteiger partial charge in [-0.2, -0.15) is 0 Å². The highest BCUT2D eigenvalue weighted by molar-refractivity contribution is 9.12. The second kappa shape index (κ2) is 6.23. The molecule has 0 amide bonds. The summed E-state index contributed by atoms with van der Waals surface area (Å²) in [6.45, 7) is 2.05. The van der Waals surface area contributed by atoms with Crippen molar-refractivity contribution < 1.29 is 14.3 Å². The first-order valence-corrected chi connectivity index (χ1v) is 5.57. The molecule has 84 valence electrons. The van der Waals surface area contributed by atoms with Crippen LogP contribution in [0, 0.1) is 0 Å². The minimum absolute atomic E-state index is 0.295. The van der Waals surface area contributed by atoms with E-state index >= 15 is 0 Å². The molecule has 0 spiro atoms. The molecular formula is C12H11BrO3. The molecule has 0 fully saturated rings.